The van der Waals surface area contributed by atoms with Gasteiger partial charge in [-0.15, -0.1) is 0 Å². The first-order chi connectivity index (χ1) is 13.9. The van der Waals surface area contributed by atoms with Crippen molar-refractivity contribution in [1.29, 1.82) is 0 Å². The van der Waals surface area contributed by atoms with Crippen molar-refractivity contribution in [3.63, 3.8) is 0 Å². The molecule has 3 aromatic rings. The number of unbranched alkanes of at least 4 members (excludes halogenated alkanes) is 2. The zero-order valence-corrected chi connectivity index (χ0v) is 18.0. The van der Waals surface area contributed by atoms with E-state index in [4.69, 9.17) is 21.1 Å². The molecule has 0 amide bonds. The van der Waals surface area contributed by atoms with Crippen molar-refractivity contribution >= 4 is 28.7 Å². The highest BCUT2D eigenvalue weighted by atomic mass is 35.5. The molecule has 0 fully saturated rings. The average Bonchev–Trinajstić information content (AvgIpc) is 3.02. The minimum absolute atomic E-state index is 0.264. The Morgan fingerprint density at radius 2 is 1.97 bits per heavy atom. The molecule has 0 saturated heterocycles. The molecule has 0 N–H and O–H groups in total. The van der Waals surface area contributed by atoms with E-state index in [9.17, 15) is 4.79 Å². The van der Waals surface area contributed by atoms with E-state index >= 15 is 0 Å². The number of pyridine rings is 1. The molecule has 0 atom stereocenters. The van der Waals surface area contributed by atoms with Crippen molar-refractivity contribution < 1.29 is 14.3 Å². The quantitative estimate of drug-likeness (QED) is 0.378. The second kappa shape index (κ2) is 9.27. The minimum atomic E-state index is -0.469. The van der Waals surface area contributed by atoms with Gasteiger partial charge in [0.25, 0.3) is 0 Å². The zero-order valence-electron chi connectivity index (χ0n) is 17.3. The number of rotatable bonds is 8. The van der Waals surface area contributed by atoms with Gasteiger partial charge >= 0.3 is 5.97 Å². The SMILES string of the molecule is CCCCCOc1ccc(Cn2c(C)nc3c(C)cc(C(=O)OC)nc32)c(Cl)c1. The normalized spacial score (nSPS) is 11.1. The van der Waals surface area contributed by atoms with Crippen LogP contribution >= 0.6 is 11.6 Å². The average molecular weight is 416 g/mol. The van der Waals surface area contributed by atoms with Crippen LogP contribution in [-0.2, 0) is 11.3 Å². The van der Waals surface area contributed by atoms with Crippen molar-refractivity contribution in [2.24, 2.45) is 0 Å². The van der Waals surface area contributed by atoms with Crippen LogP contribution in [0, 0.1) is 13.8 Å². The maximum absolute atomic E-state index is 12.0. The van der Waals surface area contributed by atoms with Gasteiger partial charge in [0.2, 0.25) is 0 Å². The highest BCUT2D eigenvalue weighted by Gasteiger charge is 2.17. The van der Waals surface area contributed by atoms with Gasteiger partial charge in [-0.05, 0) is 49.6 Å². The largest absolute Gasteiger partial charge is 0.494 e. The van der Waals surface area contributed by atoms with E-state index in [1.54, 1.807) is 6.07 Å². The number of hydrogen-bond acceptors (Lipinski definition) is 5. The topological polar surface area (TPSA) is 66.2 Å². The summed E-state index contributed by atoms with van der Waals surface area (Å²) in [5.74, 6) is 1.10. The number of aromatic nitrogens is 3. The van der Waals surface area contributed by atoms with Crippen molar-refractivity contribution in [2.75, 3.05) is 13.7 Å². The smallest absolute Gasteiger partial charge is 0.356 e. The number of carbonyl (C=O) groups excluding carboxylic acids is 1. The van der Waals surface area contributed by atoms with Gasteiger partial charge in [0.15, 0.2) is 11.3 Å². The van der Waals surface area contributed by atoms with Crippen LogP contribution < -0.4 is 4.74 Å². The van der Waals surface area contributed by atoms with E-state index in [-0.39, 0.29) is 5.69 Å². The molecule has 0 aliphatic rings. The van der Waals surface area contributed by atoms with E-state index in [1.165, 1.54) is 7.11 Å². The fraction of sp³-hybridized carbons (Fsp3) is 0.409. The molecule has 2 aromatic heterocycles. The van der Waals surface area contributed by atoms with Gasteiger partial charge in [0, 0.05) is 5.02 Å². The predicted octanol–water partition coefficient (Wildman–Crippen LogP) is 5.11. The van der Waals surface area contributed by atoms with Crippen LogP contribution in [0.25, 0.3) is 11.2 Å². The van der Waals surface area contributed by atoms with E-state index in [2.05, 4.69) is 16.9 Å². The summed E-state index contributed by atoms with van der Waals surface area (Å²) in [5, 5.41) is 0.625. The summed E-state index contributed by atoms with van der Waals surface area (Å²) in [5.41, 5.74) is 3.47. The van der Waals surface area contributed by atoms with Crippen LogP contribution in [0.5, 0.6) is 5.75 Å². The van der Waals surface area contributed by atoms with E-state index in [0.717, 1.165) is 47.5 Å². The van der Waals surface area contributed by atoms with Crippen LogP contribution in [0.4, 0.5) is 0 Å². The van der Waals surface area contributed by atoms with Gasteiger partial charge in [0.1, 0.15) is 17.1 Å². The third-order valence-electron chi connectivity index (χ3n) is 4.85. The molecule has 0 spiro atoms. The van der Waals surface area contributed by atoms with Crippen LogP contribution in [-0.4, -0.2) is 34.2 Å². The molecule has 6 nitrogen and oxygen atoms in total. The molecule has 2 heterocycles. The summed E-state index contributed by atoms with van der Waals surface area (Å²) in [7, 11) is 1.34. The van der Waals surface area contributed by atoms with Crippen molar-refractivity contribution in [3.8, 4) is 5.75 Å². The van der Waals surface area contributed by atoms with E-state index in [0.29, 0.717) is 23.8 Å². The summed E-state index contributed by atoms with van der Waals surface area (Å²) in [6, 6.07) is 7.43. The Bertz CT molecular complexity index is 1030. The summed E-state index contributed by atoms with van der Waals surface area (Å²) < 4.78 is 12.6. The molecule has 0 bridgehead atoms. The van der Waals surface area contributed by atoms with Crippen molar-refractivity contribution in [3.05, 3.63) is 51.9 Å². The number of aryl methyl sites for hydroxylation is 2. The predicted molar refractivity (Wildman–Crippen MR) is 114 cm³/mol. The van der Waals surface area contributed by atoms with Gasteiger partial charge in [-0.2, -0.15) is 0 Å². The Morgan fingerprint density at radius 3 is 2.66 bits per heavy atom. The minimum Gasteiger partial charge on any atom is -0.494 e. The second-order valence-corrected chi connectivity index (χ2v) is 7.45. The zero-order chi connectivity index (χ0) is 21.0. The third kappa shape index (κ3) is 4.70. The fourth-order valence-corrected chi connectivity index (χ4v) is 3.44. The van der Waals surface area contributed by atoms with E-state index < -0.39 is 5.97 Å². The number of nitrogens with zero attached hydrogens (tertiary/aromatic N) is 3. The number of carbonyl (C=O) groups is 1. The number of hydrogen-bond donors (Lipinski definition) is 0. The summed E-state index contributed by atoms with van der Waals surface area (Å²) in [6.07, 6.45) is 3.34. The van der Waals surface area contributed by atoms with Gasteiger partial charge in [-0.3, -0.25) is 0 Å². The highest BCUT2D eigenvalue weighted by Crippen LogP contribution is 2.26. The number of methoxy groups -OCH3 is 1. The Hall–Kier alpha value is -2.60. The third-order valence-corrected chi connectivity index (χ3v) is 5.20. The first-order valence-electron chi connectivity index (χ1n) is 9.78. The molecular formula is C22H26ClN3O3. The molecule has 1 aromatic carbocycles. The summed E-state index contributed by atoms with van der Waals surface area (Å²) in [4.78, 5) is 21.1. The number of ether oxygens (including phenoxy) is 2. The Labute approximate surface area is 175 Å². The summed E-state index contributed by atoms with van der Waals surface area (Å²) in [6.45, 7) is 7.17. The van der Waals surface area contributed by atoms with Crippen molar-refractivity contribution in [1.82, 2.24) is 14.5 Å². The number of esters is 1. The molecule has 7 heteroatoms. The van der Waals surface area contributed by atoms with Gasteiger partial charge < -0.3 is 14.0 Å². The lowest BCUT2D eigenvalue weighted by molar-refractivity contribution is 0.0594. The molecule has 154 valence electrons. The standard InChI is InChI=1S/C22H26ClN3O3/c1-5-6-7-10-29-17-9-8-16(18(23)12-17)13-26-15(3)24-20-14(2)11-19(22(27)28-4)25-21(20)26/h8-9,11-12H,5-7,10,13H2,1-4H3. The maximum atomic E-state index is 12.0. The van der Waals surface area contributed by atoms with Gasteiger partial charge in [0.05, 0.1) is 20.3 Å². The monoisotopic (exact) mass is 415 g/mol. The van der Waals surface area contributed by atoms with Crippen molar-refractivity contribution in [2.45, 2.75) is 46.6 Å². The fourth-order valence-electron chi connectivity index (χ4n) is 3.21. The molecule has 3 rings (SSSR count). The second-order valence-electron chi connectivity index (χ2n) is 7.04. The van der Waals surface area contributed by atoms with Gasteiger partial charge in [-0.25, -0.2) is 14.8 Å². The Balaban J connectivity index is 1.88. The maximum Gasteiger partial charge on any atom is 0.356 e. The van der Waals surface area contributed by atoms with Gasteiger partial charge in [-0.1, -0.05) is 37.4 Å². The lowest BCUT2D eigenvalue weighted by Gasteiger charge is -2.11. The molecule has 29 heavy (non-hydrogen) atoms. The molecule has 0 aliphatic heterocycles. The number of imidazole rings is 1. The molecule has 0 unspecified atom stereocenters. The Kier molecular flexibility index (Phi) is 6.75. The highest BCUT2D eigenvalue weighted by molar-refractivity contribution is 6.31. The summed E-state index contributed by atoms with van der Waals surface area (Å²) >= 11 is 6.52. The number of fused-ring (bicyclic) bond motifs is 1. The van der Waals surface area contributed by atoms with Crippen LogP contribution in [0.1, 0.15) is 53.6 Å². The lowest BCUT2D eigenvalue weighted by Crippen LogP contribution is -2.08. The van der Waals surface area contributed by atoms with E-state index in [1.807, 2.05) is 36.6 Å². The lowest BCUT2D eigenvalue weighted by atomic mass is 10.2. The Morgan fingerprint density at radius 1 is 1.17 bits per heavy atom. The molecule has 0 saturated carbocycles. The van der Waals surface area contributed by atoms with Crippen LogP contribution in [0.15, 0.2) is 24.3 Å². The number of benzene rings is 1. The first-order valence-corrected chi connectivity index (χ1v) is 10.2. The molecule has 0 aliphatic carbocycles. The van der Waals surface area contributed by atoms with Crippen LogP contribution in [0.2, 0.25) is 5.02 Å². The number of halogens is 1. The molecule has 0 radical (unpaired) electrons. The molecular weight excluding hydrogens is 390 g/mol. The first kappa shape index (κ1) is 21.1. The van der Waals surface area contributed by atoms with Crippen LogP contribution in [0.3, 0.4) is 0 Å².